The summed E-state index contributed by atoms with van der Waals surface area (Å²) < 4.78 is 5.48. The predicted molar refractivity (Wildman–Crippen MR) is 80.9 cm³/mol. The molecular weight excluding hydrogens is 290 g/mol. The minimum absolute atomic E-state index is 0.306. The molecule has 1 amide bonds. The third-order valence-corrected chi connectivity index (χ3v) is 3.00. The maximum Gasteiger partial charge on any atom is 0.284 e. The Hall–Kier alpha value is -2.04. The van der Waals surface area contributed by atoms with Gasteiger partial charge in [-0.25, -0.2) is 5.48 Å². The summed E-state index contributed by atoms with van der Waals surface area (Å²) in [5, 5.41) is 0.616. The van der Waals surface area contributed by atoms with Crippen LogP contribution in [0.15, 0.2) is 54.6 Å². The zero-order valence-electron chi connectivity index (χ0n) is 11.6. The van der Waals surface area contributed by atoms with E-state index in [1.807, 2.05) is 30.3 Å². The fraction of sp³-hybridized carbons (Fsp3) is 0.188. The first-order chi connectivity index (χ1) is 10.1. The highest BCUT2D eigenvalue weighted by Gasteiger charge is 2.14. The van der Waals surface area contributed by atoms with Crippen LogP contribution in [-0.4, -0.2) is 12.0 Å². The van der Waals surface area contributed by atoms with Crippen LogP contribution in [0.3, 0.4) is 0 Å². The average Bonchev–Trinajstić information content (AvgIpc) is 2.50. The topological polar surface area (TPSA) is 47.6 Å². The Morgan fingerprint density at radius 3 is 2.48 bits per heavy atom. The highest BCUT2D eigenvalue weighted by atomic mass is 35.5. The third kappa shape index (κ3) is 5.10. The summed E-state index contributed by atoms with van der Waals surface area (Å²) >= 11 is 5.78. The van der Waals surface area contributed by atoms with E-state index in [9.17, 15) is 4.79 Å². The van der Waals surface area contributed by atoms with Gasteiger partial charge in [0.05, 0.1) is 6.61 Å². The molecule has 2 rings (SSSR count). The van der Waals surface area contributed by atoms with Gasteiger partial charge >= 0.3 is 0 Å². The minimum Gasteiger partial charge on any atom is -0.481 e. The van der Waals surface area contributed by atoms with Gasteiger partial charge in [0.15, 0.2) is 6.10 Å². The first-order valence-corrected chi connectivity index (χ1v) is 6.91. The molecule has 1 N–H and O–H groups in total. The van der Waals surface area contributed by atoms with E-state index in [-0.39, 0.29) is 5.91 Å². The average molecular weight is 306 g/mol. The first-order valence-electron chi connectivity index (χ1n) is 6.53. The maximum atomic E-state index is 11.8. The molecular formula is C16H16ClNO3. The summed E-state index contributed by atoms with van der Waals surface area (Å²) in [5.74, 6) is 0.228. The van der Waals surface area contributed by atoms with Gasteiger partial charge in [-0.15, -0.1) is 0 Å². The zero-order valence-corrected chi connectivity index (χ0v) is 12.3. The number of ether oxygens (including phenoxy) is 1. The second kappa shape index (κ2) is 7.67. The lowest BCUT2D eigenvalue weighted by Gasteiger charge is -2.14. The van der Waals surface area contributed by atoms with Crippen LogP contribution in [-0.2, 0) is 16.2 Å². The van der Waals surface area contributed by atoms with Crippen molar-refractivity contribution in [2.24, 2.45) is 0 Å². The molecule has 4 nitrogen and oxygen atoms in total. The summed E-state index contributed by atoms with van der Waals surface area (Å²) in [5.41, 5.74) is 3.35. The summed E-state index contributed by atoms with van der Waals surface area (Å²) in [6, 6.07) is 16.4. The van der Waals surface area contributed by atoms with Gasteiger partial charge in [-0.1, -0.05) is 41.9 Å². The molecule has 110 valence electrons. The summed E-state index contributed by atoms with van der Waals surface area (Å²) in [6.07, 6.45) is -0.665. The van der Waals surface area contributed by atoms with Crippen LogP contribution in [0.4, 0.5) is 0 Å². The molecule has 2 aromatic carbocycles. The Morgan fingerprint density at radius 2 is 1.81 bits per heavy atom. The number of carbonyl (C=O) groups excluding carboxylic acids is 1. The predicted octanol–water partition coefficient (Wildman–Crippen LogP) is 3.36. The van der Waals surface area contributed by atoms with Gasteiger partial charge in [0.1, 0.15) is 5.75 Å². The molecule has 21 heavy (non-hydrogen) atoms. The molecule has 0 fully saturated rings. The van der Waals surface area contributed by atoms with E-state index < -0.39 is 6.10 Å². The number of carbonyl (C=O) groups is 1. The number of rotatable bonds is 6. The molecule has 0 radical (unpaired) electrons. The second-order valence-electron chi connectivity index (χ2n) is 4.45. The zero-order chi connectivity index (χ0) is 15.1. The first kappa shape index (κ1) is 15.4. The Morgan fingerprint density at radius 1 is 1.14 bits per heavy atom. The number of benzene rings is 2. The van der Waals surface area contributed by atoms with E-state index in [4.69, 9.17) is 21.2 Å². The minimum atomic E-state index is -0.665. The Balaban J connectivity index is 1.76. The van der Waals surface area contributed by atoms with Crippen LogP contribution in [0.5, 0.6) is 5.75 Å². The lowest BCUT2D eigenvalue weighted by molar-refractivity contribution is -0.141. The SMILES string of the molecule is CC(Oc1ccc(Cl)cc1)C(=O)NOCc1ccccc1. The van der Waals surface area contributed by atoms with E-state index in [0.29, 0.717) is 17.4 Å². The van der Waals surface area contributed by atoms with Crippen molar-refractivity contribution in [2.45, 2.75) is 19.6 Å². The van der Waals surface area contributed by atoms with Crippen molar-refractivity contribution in [3.8, 4) is 5.75 Å². The van der Waals surface area contributed by atoms with Gasteiger partial charge in [0, 0.05) is 5.02 Å². The van der Waals surface area contributed by atoms with Crippen LogP contribution in [0.1, 0.15) is 12.5 Å². The molecule has 0 spiro atoms. The van der Waals surface area contributed by atoms with Gasteiger partial charge in [-0.05, 0) is 36.8 Å². The molecule has 0 saturated carbocycles. The molecule has 0 bridgehead atoms. The lowest BCUT2D eigenvalue weighted by atomic mass is 10.2. The quantitative estimate of drug-likeness (QED) is 0.833. The largest absolute Gasteiger partial charge is 0.481 e. The van der Waals surface area contributed by atoms with E-state index in [2.05, 4.69) is 5.48 Å². The Bertz CT molecular complexity index is 572. The van der Waals surface area contributed by atoms with Gasteiger partial charge in [0.2, 0.25) is 0 Å². The molecule has 0 aliphatic carbocycles. The van der Waals surface area contributed by atoms with Crippen molar-refractivity contribution in [2.75, 3.05) is 0 Å². The van der Waals surface area contributed by atoms with Gasteiger partial charge in [-0.2, -0.15) is 0 Å². The van der Waals surface area contributed by atoms with E-state index in [1.165, 1.54) is 0 Å². The second-order valence-corrected chi connectivity index (χ2v) is 4.89. The molecule has 1 atom stereocenters. The van der Waals surface area contributed by atoms with Crippen LogP contribution >= 0.6 is 11.6 Å². The van der Waals surface area contributed by atoms with Crippen molar-refractivity contribution in [1.29, 1.82) is 0 Å². The number of hydrogen-bond donors (Lipinski definition) is 1. The van der Waals surface area contributed by atoms with E-state index >= 15 is 0 Å². The molecule has 2 aromatic rings. The lowest BCUT2D eigenvalue weighted by Crippen LogP contribution is -2.36. The van der Waals surface area contributed by atoms with Gasteiger partial charge in [0.25, 0.3) is 5.91 Å². The molecule has 0 saturated heterocycles. The summed E-state index contributed by atoms with van der Waals surface area (Å²) in [6.45, 7) is 1.95. The molecule has 0 aliphatic heterocycles. The van der Waals surface area contributed by atoms with Crippen LogP contribution in [0, 0.1) is 0 Å². The number of amides is 1. The number of hydrogen-bond acceptors (Lipinski definition) is 3. The summed E-state index contributed by atoms with van der Waals surface area (Å²) in [7, 11) is 0. The standard InChI is InChI=1S/C16H16ClNO3/c1-12(21-15-9-7-14(17)8-10-15)16(19)18-20-11-13-5-3-2-4-6-13/h2-10,12H,11H2,1H3,(H,18,19). The van der Waals surface area contributed by atoms with Gasteiger partial charge in [-0.3, -0.25) is 9.63 Å². The van der Waals surface area contributed by atoms with Crippen molar-refractivity contribution >= 4 is 17.5 Å². The molecule has 1 unspecified atom stereocenters. The Labute approximate surface area is 128 Å². The van der Waals surface area contributed by atoms with Crippen LogP contribution in [0.2, 0.25) is 5.02 Å². The highest BCUT2D eigenvalue weighted by molar-refractivity contribution is 6.30. The highest BCUT2D eigenvalue weighted by Crippen LogP contribution is 2.16. The smallest absolute Gasteiger partial charge is 0.284 e. The third-order valence-electron chi connectivity index (χ3n) is 2.75. The molecule has 0 heterocycles. The van der Waals surface area contributed by atoms with Crippen molar-refractivity contribution in [1.82, 2.24) is 5.48 Å². The van der Waals surface area contributed by atoms with Gasteiger partial charge < -0.3 is 4.74 Å². The van der Waals surface area contributed by atoms with Crippen molar-refractivity contribution < 1.29 is 14.4 Å². The molecule has 5 heteroatoms. The Kier molecular flexibility index (Phi) is 5.60. The number of halogens is 1. The fourth-order valence-electron chi connectivity index (χ4n) is 1.62. The number of hydroxylamine groups is 1. The normalized spacial score (nSPS) is 11.7. The molecule has 0 aliphatic rings. The van der Waals surface area contributed by atoms with E-state index in [0.717, 1.165) is 5.56 Å². The summed E-state index contributed by atoms with van der Waals surface area (Å²) in [4.78, 5) is 17.0. The van der Waals surface area contributed by atoms with Crippen LogP contribution < -0.4 is 10.2 Å². The van der Waals surface area contributed by atoms with E-state index in [1.54, 1.807) is 31.2 Å². The monoisotopic (exact) mass is 305 g/mol. The number of nitrogens with one attached hydrogen (secondary N) is 1. The van der Waals surface area contributed by atoms with Crippen molar-refractivity contribution in [3.63, 3.8) is 0 Å². The fourth-order valence-corrected chi connectivity index (χ4v) is 1.74. The van der Waals surface area contributed by atoms with Crippen molar-refractivity contribution in [3.05, 3.63) is 65.2 Å². The maximum absolute atomic E-state index is 11.8. The van der Waals surface area contributed by atoms with Crippen LogP contribution in [0.25, 0.3) is 0 Å². The molecule has 0 aromatic heterocycles.